The molecule has 0 N–H and O–H groups in total. The molecule has 0 heterocycles. The fourth-order valence-corrected chi connectivity index (χ4v) is 6.41. The lowest BCUT2D eigenvalue weighted by Gasteiger charge is -2.14. The van der Waals surface area contributed by atoms with Gasteiger partial charge in [0, 0.05) is 0 Å². The number of aryl methyl sites for hydroxylation is 3. The molecule has 0 unspecified atom stereocenters. The second kappa shape index (κ2) is 29.1. The van der Waals surface area contributed by atoms with Gasteiger partial charge in [-0.3, -0.25) is 0 Å². The quantitative estimate of drug-likeness (QED) is 0.0807. The summed E-state index contributed by atoms with van der Waals surface area (Å²) in [4.78, 5) is 0. The van der Waals surface area contributed by atoms with Crippen molar-refractivity contribution in [3.05, 3.63) is 28.8 Å². The van der Waals surface area contributed by atoms with E-state index in [-0.39, 0.29) is 0 Å². The van der Waals surface area contributed by atoms with Crippen molar-refractivity contribution in [2.24, 2.45) is 0 Å². The third-order valence-corrected chi connectivity index (χ3v) is 9.08. The van der Waals surface area contributed by atoms with Crippen molar-refractivity contribution in [1.29, 1.82) is 0 Å². The molecular formula is C40H74O. The molecule has 0 spiro atoms. The maximum atomic E-state index is 6.26. The zero-order chi connectivity index (χ0) is 29.6. The highest BCUT2D eigenvalue weighted by Gasteiger charge is 2.07. The largest absolute Gasteiger partial charge is 0.493 e. The van der Waals surface area contributed by atoms with Gasteiger partial charge >= 0.3 is 0 Å². The van der Waals surface area contributed by atoms with E-state index in [9.17, 15) is 0 Å². The molecule has 1 nitrogen and oxygen atoms in total. The van der Waals surface area contributed by atoms with E-state index in [1.165, 1.54) is 203 Å². The maximum Gasteiger partial charge on any atom is 0.125 e. The molecule has 0 saturated carbocycles. The van der Waals surface area contributed by atoms with E-state index in [0.29, 0.717) is 0 Å². The van der Waals surface area contributed by atoms with Crippen LogP contribution in [-0.4, -0.2) is 6.61 Å². The summed E-state index contributed by atoms with van der Waals surface area (Å²) in [6.45, 7) is 9.95. The van der Waals surface area contributed by atoms with Crippen molar-refractivity contribution in [3.8, 4) is 5.75 Å². The summed E-state index contributed by atoms with van der Waals surface area (Å²) in [5.74, 6) is 1.14. The standard InChI is InChI=1S/C40H74O/c1-5-7-9-11-13-15-17-19-21-23-25-27-29-31-33-39-35-37(3)40(38(4)36-39)41-34-32-30-28-26-24-22-20-18-16-14-12-10-8-6-2/h35-36H,5-34H2,1-4H3. The Morgan fingerprint density at radius 3 is 1.02 bits per heavy atom. The average Bonchev–Trinajstić information content (AvgIpc) is 2.96. The predicted octanol–water partition coefficient (Wildman–Crippen LogP) is 14.2. The third-order valence-electron chi connectivity index (χ3n) is 9.08. The van der Waals surface area contributed by atoms with Crippen LogP contribution in [0.1, 0.15) is 210 Å². The Kier molecular flexibility index (Phi) is 27.0. The van der Waals surface area contributed by atoms with E-state index >= 15 is 0 Å². The van der Waals surface area contributed by atoms with Crippen LogP contribution in [0.5, 0.6) is 5.75 Å². The van der Waals surface area contributed by atoms with Crippen molar-refractivity contribution in [1.82, 2.24) is 0 Å². The van der Waals surface area contributed by atoms with E-state index in [4.69, 9.17) is 4.74 Å². The molecule has 1 aromatic rings. The highest BCUT2D eigenvalue weighted by Crippen LogP contribution is 2.26. The summed E-state index contributed by atoms with van der Waals surface area (Å²) in [6.07, 6.45) is 40.9. The van der Waals surface area contributed by atoms with Crippen molar-refractivity contribution in [3.63, 3.8) is 0 Å². The molecule has 1 aromatic carbocycles. The number of ether oxygens (including phenoxy) is 1. The maximum absolute atomic E-state index is 6.26. The van der Waals surface area contributed by atoms with Gasteiger partial charge in [0.05, 0.1) is 6.61 Å². The highest BCUT2D eigenvalue weighted by atomic mass is 16.5. The number of hydrogen-bond acceptors (Lipinski definition) is 1. The first kappa shape index (κ1) is 38.0. The van der Waals surface area contributed by atoms with Gasteiger partial charge in [0.2, 0.25) is 0 Å². The van der Waals surface area contributed by atoms with E-state index in [2.05, 4.69) is 39.8 Å². The van der Waals surface area contributed by atoms with E-state index < -0.39 is 0 Å². The average molecular weight is 571 g/mol. The molecule has 0 amide bonds. The van der Waals surface area contributed by atoms with Gasteiger partial charge in [0.15, 0.2) is 0 Å². The van der Waals surface area contributed by atoms with Gasteiger partial charge in [-0.2, -0.15) is 0 Å². The summed E-state index contributed by atoms with van der Waals surface area (Å²) in [5, 5.41) is 0. The number of hydrogen-bond donors (Lipinski definition) is 0. The number of rotatable bonds is 31. The van der Waals surface area contributed by atoms with Gasteiger partial charge in [-0.1, -0.05) is 193 Å². The first-order chi connectivity index (χ1) is 20.2. The summed E-state index contributed by atoms with van der Waals surface area (Å²) in [7, 11) is 0. The predicted molar refractivity (Wildman–Crippen MR) is 186 cm³/mol. The first-order valence-corrected chi connectivity index (χ1v) is 18.9. The van der Waals surface area contributed by atoms with Crippen LogP contribution >= 0.6 is 0 Å². The lowest BCUT2D eigenvalue weighted by Crippen LogP contribution is -2.02. The molecule has 0 aromatic heterocycles. The molecule has 0 radical (unpaired) electrons. The fraction of sp³-hybridized carbons (Fsp3) is 0.850. The minimum Gasteiger partial charge on any atom is -0.493 e. The Balaban J connectivity index is 1.97. The van der Waals surface area contributed by atoms with Crippen molar-refractivity contribution >= 4 is 0 Å². The zero-order valence-electron chi connectivity index (χ0n) is 28.8. The molecule has 0 fully saturated rings. The van der Waals surface area contributed by atoms with Gasteiger partial charge in [-0.05, 0) is 49.8 Å². The molecule has 0 aliphatic heterocycles. The first-order valence-electron chi connectivity index (χ1n) is 18.9. The van der Waals surface area contributed by atoms with Gasteiger partial charge in [-0.15, -0.1) is 0 Å². The summed E-state index contributed by atoms with van der Waals surface area (Å²) in [5.41, 5.74) is 4.16. The summed E-state index contributed by atoms with van der Waals surface area (Å²) in [6, 6.07) is 4.77. The molecule has 0 saturated heterocycles. The molecule has 0 aliphatic rings. The van der Waals surface area contributed by atoms with Crippen molar-refractivity contribution < 1.29 is 4.74 Å². The Morgan fingerprint density at radius 2 is 0.683 bits per heavy atom. The van der Waals surface area contributed by atoms with E-state index in [0.717, 1.165) is 12.4 Å². The minimum atomic E-state index is 0.873. The normalized spacial score (nSPS) is 11.4. The summed E-state index contributed by atoms with van der Waals surface area (Å²) < 4.78 is 6.26. The fourth-order valence-electron chi connectivity index (χ4n) is 6.41. The van der Waals surface area contributed by atoms with Crippen LogP contribution in [-0.2, 0) is 6.42 Å². The van der Waals surface area contributed by atoms with Crippen LogP contribution < -0.4 is 4.74 Å². The van der Waals surface area contributed by atoms with Crippen molar-refractivity contribution in [2.75, 3.05) is 6.61 Å². The molecular weight excluding hydrogens is 496 g/mol. The van der Waals surface area contributed by atoms with E-state index in [1.807, 2.05) is 0 Å². The molecule has 41 heavy (non-hydrogen) atoms. The lowest BCUT2D eigenvalue weighted by molar-refractivity contribution is 0.300. The molecule has 1 rings (SSSR count). The van der Waals surface area contributed by atoms with Crippen LogP contribution in [0, 0.1) is 13.8 Å². The second-order valence-corrected chi connectivity index (χ2v) is 13.3. The van der Waals surface area contributed by atoms with Gasteiger partial charge in [-0.25, -0.2) is 0 Å². The third kappa shape index (κ3) is 23.2. The molecule has 0 bridgehead atoms. The Bertz CT molecular complexity index is 654. The monoisotopic (exact) mass is 571 g/mol. The number of unbranched alkanes of at least 4 members (excludes halogenated alkanes) is 26. The van der Waals surface area contributed by atoms with Gasteiger partial charge in [0.25, 0.3) is 0 Å². The van der Waals surface area contributed by atoms with Crippen LogP contribution in [0.3, 0.4) is 0 Å². The summed E-state index contributed by atoms with van der Waals surface area (Å²) >= 11 is 0. The van der Waals surface area contributed by atoms with Gasteiger partial charge in [0.1, 0.15) is 5.75 Å². The number of benzene rings is 1. The van der Waals surface area contributed by atoms with Crippen LogP contribution in [0.2, 0.25) is 0 Å². The lowest BCUT2D eigenvalue weighted by atomic mass is 10.00. The molecule has 0 atom stereocenters. The van der Waals surface area contributed by atoms with Crippen LogP contribution in [0.25, 0.3) is 0 Å². The molecule has 0 aliphatic carbocycles. The van der Waals surface area contributed by atoms with Crippen molar-refractivity contribution in [2.45, 2.75) is 214 Å². The van der Waals surface area contributed by atoms with E-state index in [1.54, 1.807) is 0 Å². The minimum absolute atomic E-state index is 0.873. The Labute approximate surface area is 259 Å². The smallest absolute Gasteiger partial charge is 0.125 e. The van der Waals surface area contributed by atoms with Gasteiger partial charge < -0.3 is 4.74 Å². The Morgan fingerprint density at radius 1 is 0.390 bits per heavy atom. The zero-order valence-corrected chi connectivity index (χ0v) is 28.8. The van der Waals surface area contributed by atoms with Crippen LogP contribution in [0.15, 0.2) is 12.1 Å². The topological polar surface area (TPSA) is 9.23 Å². The molecule has 1 heteroatoms. The highest BCUT2D eigenvalue weighted by molar-refractivity contribution is 5.43. The second-order valence-electron chi connectivity index (χ2n) is 13.3. The molecule has 240 valence electrons. The SMILES string of the molecule is CCCCCCCCCCCCCCCCOc1c(C)cc(CCCCCCCCCCCCCCCC)cc1C. The van der Waals surface area contributed by atoms with Crippen LogP contribution in [0.4, 0.5) is 0 Å². The Hall–Kier alpha value is -0.980.